The van der Waals surface area contributed by atoms with E-state index < -0.39 is 17.7 Å². The lowest BCUT2D eigenvalue weighted by Gasteiger charge is -2.26. The Bertz CT molecular complexity index is 1080. The topological polar surface area (TPSA) is 70.1 Å². The average molecular weight is 529 g/mol. The van der Waals surface area contributed by atoms with Gasteiger partial charge in [-0.3, -0.25) is 9.59 Å². The van der Waals surface area contributed by atoms with Crippen molar-refractivity contribution < 1.29 is 19.4 Å². The molecule has 182 valence electrons. The van der Waals surface area contributed by atoms with E-state index in [0.29, 0.717) is 25.1 Å². The minimum atomic E-state index is -0.657. The Labute approximate surface area is 210 Å². The van der Waals surface area contributed by atoms with Gasteiger partial charge in [-0.15, -0.1) is 0 Å². The van der Waals surface area contributed by atoms with E-state index in [1.165, 1.54) is 0 Å². The van der Waals surface area contributed by atoms with Crippen molar-refractivity contribution >= 4 is 33.4 Å². The summed E-state index contributed by atoms with van der Waals surface area (Å²) in [6.45, 7) is 5.80. The molecule has 2 aromatic rings. The molecule has 1 saturated heterocycles. The Morgan fingerprint density at radius 1 is 1.15 bits per heavy atom. The van der Waals surface area contributed by atoms with E-state index in [9.17, 15) is 14.7 Å². The number of likely N-dealkylation sites (tertiary alicyclic amines) is 1. The quantitative estimate of drug-likeness (QED) is 0.196. The Morgan fingerprint density at radius 2 is 1.91 bits per heavy atom. The molecule has 1 aliphatic rings. The molecule has 1 fully saturated rings. The zero-order valence-electron chi connectivity index (χ0n) is 20.3. The molecular formula is C27H33BrN2O4. The van der Waals surface area contributed by atoms with Crippen molar-refractivity contribution in [2.45, 2.75) is 39.2 Å². The second kappa shape index (κ2) is 11.7. The van der Waals surface area contributed by atoms with Crippen LogP contribution in [0.2, 0.25) is 0 Å². The molecule has 2 aromatic carbocycles. The molecule has 0 bridgehead atoms. The number of aliphatic hydroxyl groups excluding tert-OH is 1. The fraction of sp³-hybridized carbons (Fsp3) is 0.407. The van der Waals surface area contributed by atoms with Gasteiger partial charge in [0.05, 0.1) is 18.2 Å². The van der Waals surface area contributed by atoms with Gasteiger partial charge >= 0.3 is 0 Å². The fourth-order valence-corrected chi connectivity index (χ4v) is 4.58. The number of hydrogen-bond donors (Lipinski definition) is 1. The van der Waals surface area contributed by atoms with Gasteiger partial charge in [-0.05, 0) is 81.9 Å². The number of Topliss-reactive ketones (excluding diaryl/α,β-unsaturated/α-hetero) is 1. The zero-order valence-corrected chi connectivity index (χ0v) is 21.9. The van der Waals surface area contributed by atoms with Crippen molar-refractivity contribution in [1.82, 2.24) is 9.80 Å². The van der Waals surface area contributed by atoms with Gasteiger partial charge in [0.1, 0.15) is 11.5 Å². The summed E-state index contributed by atoms with van der Waals surface area (Å²) in [6, 6.07) is 12.3. The van der Waals surface area contributed by atoms with Crippen molar-refractivity contribution in [2.75, 3.05) is 33.8 Å². The third-order valence-electron chi connectivity index (χ3n) is 5.93. The van der Waals surface area contributed by atoms with Gasteiger partial charge in [0.25, 0.3) is 11.7 Å². The highest BCUT2D eigenvalue weighted by Gasteiger charge is 2.46. The van der Waals surface area contributed by atoms with Crippen LogP contribution in [0.3, 0.4) is 0 Å². The largest absolute Gasteiger partial charge is 0.507 e. The standard InChI is InChI=1S/C27H33BrN2O4/c1-5-6-15-34-21-11-12-22(18(2)16-21)25(31)23-24(19-9-7-10-20(28)17-19)30(27(33)26(23)32)14-8-13-29(3)4/h7,9-12,16-17,24,31H,5-6,8,13-15H2,1-4H3/b25-23+/t24-/m1/s1. The van der Waals surface area contributed by atoms with Crippen LogP contribution < -0.4 is 4.74 Å². The van der Waals surface area contributed by atoms with E-state index in [0.717, 1.165) is 40.7 Å². The molecule has 0 spiro atoms. The van der Waals surface area contributed by atoms with Gasteiger partial charge in [0.15, 0.2) is 0 Å². The molecule has 1 N–H and O–H groups in total. The number of ketones is 1. The maximum absolute atomic E-state index is 13.2. The summed E-state index contributed by atoms with van der Waals surface area (Å²) in [5.41, 5.74) is 2.19. The van der Waals surface area contributed by atoms with Gasteiger partial charge in [-0.25, -0.2) is 0 Å². The summed E-state index contributed by atoms with van der Waals surface area (Å²) in [7, 11) is 3.94. The Morgan fingerprint density at radius 3 is 2.56 bits per heavy atom. The number of ether oxygens (including phenoxy) is 1. The SMILES string of the molecule is CCCCOc1ccc(/C(O)=C2\C(=O)C(=O)N(CCCN(C)C)[C@@H]2c2cccc(Br)c2)c(C)c1. The molecular weight excluding hydrogens is 496 g/mol. The highest BCUT2D eigenvalue weighted by Crippen LogP contribution is 2.40. The van der Waals surface area contributed by atoms with E-state index in [2.05, 4.69) is 22.9 Å². The van der Waals surface area contributed by atoms with Crippen molar-refractivity contribution in [3.05, 3.63) is 69.2 Å². The number of nitrogens with zero attached hydrogens (tertiary/aromatic N) is 2. The van der Waals surface area contributed by atoms with Gasteiger partial charge in [0, 0.05) is 16.6 Å². The Kier molecular flexibility index (Phi) is 8.91. The highest BCUT2D eigenvalue weighted by atomic mass is 79.9. The van der Waals surface area contributed by atoms with Crippen molar-refractivity contribution in [2.24, 2.45) is 0 Å². The van der Waals surface area contributed by atoms with Gasteiger partial charge in [-0.2, -0.15) is 0 Å². The number of hydrogen-bond acceptors (Lipinski definition) is 5. The second-order valence-electron chi connectivity index (χ2n) is 8.88. The van der Waals surface area contributed by atoms with Crippen LogP contribution in [0.15, 0.2) is 52.5 Å². The normalized spacial score (nSPS) is 17.6. The van der Waals surface area contributed by atoms with Gasteiger partial charge < -0.3 is 19.6 Å². The van der Waals surface area contributed by atoms with Crippen LogP contribution in [-0.2, 0) is 9.59 Å². The van der Waals surface area contributed by atoms with E-state index >= 15 is 0 Å². The Hall–Kier alpha value is -2.64. The molecule has 0 saturated carbocycles. The zero-order chi connectivity index (χ0) is 24.8. The number of unbranched alkanes of at least 4 members (excludes halogenated alkanes) is 1. The van der Waals surface area contributed by atoms with Crippen LogP contribution >= 0.6 is 15.9 Å². The fourth-order valence-electron chi connectivity index (χ4n) is 4.16. The number of carbonyl (C=O) groups excluding carboxylic acids is 2. The number of rotatable bonds is 10. The van der Waals surface area contributed by atoms with Crippen molar-refractivity contribution in [3.8, 4) is 5.75 Å². The number of carbonyl (C=O) groups is 2. The lowest BCUT2D eigenvalue weighted by atomic mass is 9.94. The Balaban J connectivity index is 2.04. The smallest absolute Gasteiger partial charge is 0.295 e. The summed E-state index contributed by atoms with van der Waals surface area (Å²) in [4.78, 5) is 29.9. The summed E-state index contributed by atoms with van der Waals surface area (Å²) < 4.78 is 6.62. The monoisotopic (exact) mass is 528 g/mol. The summed E-state index contributed by atoms with van der Waals surface area (Å²) in [5.74, 6) is -0.677. The number of aryl methyl sites for hydroxylation is 1. The molecule has 1 atom stereocenters. The molecule has 0 aromatic heterocycles. The molecule has 0 aliphatic carbocycles. The van der Waals surface area contributed by atoms with E-state index in [-0.39, 0.29) is 11.3 Å². The molecule has 1 aliphatic heterocycles. The predicted molar refractivity (Wildman–Crippen MR) is 138 cm³/mol. The maximum Gasteiger partial charge on any atom is 0.295 e. The molecule has 0 unspecified atom stereocenters. The molecule has 1 amide bonds. The van der Waals surface area contributed by atoms with Crippen LogP contribution in [0, 0.1) is 6.92 Å². The molecule has 1 heterocycles. The van der Waals surface area contributed by atoms with E-state index in [1.807, 2.05) is 56.3 Å². The second-order valence-corrected chi connectivity index (χ2v) is 9.80. The first-order chi connectivity index (χ1) is 16.2. The summed E-state index contributed by atoms with van der Waals surface area (Å²) in [5, 5.41) is 11.3. The summed E-state index contributed by atoms with van der Waals surface area (Å²) in [6.07, 6.45) is 2.72. The van der Waals surface area contributed by atoms with Crippen LogP contribution in [0.5, 0.6) is 5.75 Å². The molecule has 3 rings (SSSR count). The number of aliphatic hydroxyl groups is 1. The van der Waals surface area contributed by atoms with E-state index in [4.69, 9.17) is 4.74 Å². The lowest BCUT2D eigenvalue weighted by Crippen LogP contribution is -2.32. The van der Waals surface area contributed by atoms with Gasteiger partial charge in [-0.1, -0.05) is 41.4 Å². The van der Waals surface area contributed by atoms with Crippen molar-refractivity contribution in [3.63, 3.8) is 0 Å². The molecule has 0 radical (unpaired) electrons. The number of amides is 1. The van der Waals surface area contributed by atoms with Crippen molar-refractivity contribution in [1.29, 1.82) is 0 Å². The van der Waals surface area contributed by atoms with Gasteiger partial charge in [0.2, 0.25) is 0 Å². The predicted octanol–water partition coefficient (Wildman–Crippen LogP) is 5.31. The number of halogens is 1. The number of benzene rings is 2. The minimum absolute atomic E-state index is 0.121. The minimum Gasteiger partial charge on any atom is -0.507 e. The van der Waals surface area contributed by atoms with Crippen LogP contribution in [0.25, 0.3) is 5.76 Å². The first kappa shape index (κ1) is 26.0. The lowest BCUT2D eigenvalue weighted by molar-refractivity contribution is -0.139. The first-order valence-corrected chi connectivity index (χ1v) is 12.5. The van der Waals surface area contributed by atoms with Crippen LogP contribution in [-0.4, -0.2) is 60.4 Å². The third-order valence-corrected chi connectivity index (χ3v) is 6.42. The van der Waals surface area contributed by atoms with Crippen LogP contribution in [0.1, 0.15) is 48.9 Å². The molecule has 7 heteroatoms. The van der Waals surface area contributed by atoms with E-state index in [1.54, 1.807) is 17.0 Å². The molecule has 6 nitrogen and oxygen atoms in total. The first-order valence-electron chi connectivity index (χ1n) is 11.7. The molecule has 34 heavy (non-hydrogen) atoms. The maximum atomic E-state index is 13.2. The summed E-state index contributed by atoms with van der Waals surface area (Å²) >= 11 is 3.49. The highest BCUT2D eigenvalue weighted by molar-refractivity contribution is 9.10. The van der Waals surface area contributed by atoms with Crippen LogP contribution in [0.4, 0.5) is 0 Å². The third kappa shape index (κ3) is 5.88. The average Bonchev–Trinajstić information content (AvgIpc) is 3.04.